The highest BCUT2D eigenvalue weighted by atomic mass is 16.5. The minimum absolute atomic E-state index is 0.118. The summed E-state index contributed by atoms with van der Waals surface area (Å²) in [6.07, 6.45) is 0. The number of esters is 1. The van der Waals surface area contributed by atoms with Crippen LogP contribution in [0.1, 0.15) is 48.4 Å². The molecule has 2 aliphatic heterocycles. The third-order valence-electron chi connectivity index (χ3n) is 4.99. The largest absolute Gasteiger partial charge is 0.462 e. The Morgan fingerprint density at radius 3 is 1.66 bits per heavy atom. The quantitative estimate of drug-likeness (QED) is 0.565. The second kappa shape index (κ2) is 6.97. The number of rotatable bonds is 5. The zero-order chi connectivity index (χ0) is 20.7. The number of benzene rings is 2. The minimum atomic E-state index is -1.13. The van der Waals surface area contributed by atoms with Crippen LogP contribution in [0, 0.1) is 0 Å². The second-order valence-electron chi connectivity index (χ2n) is 6.68. The molecule has 0 bridgehead atoms. The molecule has 0 aliphatic carbocycles. The van der Waals surface area contributed by atoms with E-state index in [1.807, 2.05) is 0 Å². The van der Waals surface area contributed by atoms with E-state index in [1.165, 1.54) is 19.1 Å². The van der Waals surface area contributed by atoms with Crippen LogP contribution in [0.4, 0.5) is 0 Å². The molecule has 29 heavy (non-hydrogen) atoms. The summed E-state index contributed by atoms with van der Waals surface area (Å²) in [7, 11) is 0. The van der Waals surface area contributed by atoms with Gasteiger partial charge in [0.05, 0.1) is 28.8 Å². The molecule has 0 N–H and O–H groups in total. The van der Waals surface area contributed by atoms with Crippen molar-refractivity contribution in [1.82, 2.24) is 9.80 Å². The summed E-state index contributed by atoms with van der Waals surface area (Å²) in [5.41, 5.74) is 1.10. The predicted octanol–water partition coefficient (Wildman–Crippen LogP) is 1.51. The molecule has 2 aromatic carbocycles. The molecule has 4 rings (SSSR count). The Bertz CT molecular complexity index is 1010. The van der Waals surface area contributed by atoms with Gasteiger partial charge in [0.1, 0.15) is 12.6 Å². The summed E-state index contributed by atoms with van der Waals surface area (Å²) in [6.45, 7) is 1.04. The number of imide groups is 2. The zero-order valence-electron chi connectivity index (χ0n) is 15.5. The van der Waals surface area contributed by atoms with Gasteiger partial charge in [0, 0.05) is 0 Å². The molecular weight excluding hydrogens is 376 g/mol. The number of carbonyl (C=O) groups is 5. The second-order valence-corrected chi connectivity index (χ2v) is 6.68. The Morgan fingerprint density at radius 2 is 1.21 bits per heavy atom. The van der Waals surface area contributed by atoms with E-state index in [0.717, 1.165) is 9.80 Å². The van der Waals surface area contributed by atoms with Crippen molar-refractivity contribution in [3.8, 4) is 0 Å². The van der Waals surface area contributed by atoms with E-state index in [9.17, 15) is 24.0 Å². The molecule has 4 amide bonds. The molecule has 8 nitrogen and oxygen atoms in total. The molecule has 0 fully saturated rings. The van der Waals surface area contributed by atoms with Crippen LogP contribution in [0.3, 0.4) is 0 Å². The molecule has 0 aromatic heterocycles. The van der Waals surface area contributed by atoms with E-state index in [2.05, 4.69) is 0 Å². The van der Waals surface area contributed by atoms with E-state index in [0.29, 0.717) is 11.1 Å². The monoisotopic (exact) mass is 392 g/mol. The van der Waals surface area contributed by atoms with Crippen molar-refractivity contribution in [2.75, 3.05) is 13.2 Å². The predicted molar refractivity (Wildman–Crippen MR) is 99.2 cm³/mol. The van der Waals surface area contributed by atoms with Crippen molar-refractivity contribution in [2.45, 2.75) is 13.0 Å². The van der Waals surface area contributed by atoms with Crippen molar-refractivity contribution >= 4 is 29.6 Å². The van der Waals surface area contributed by atoms with Crippen LogP contribution >= 0.6 is 0 Å². The molecule has 146 valence electrons. The highest BCUT2D eigenvalue weighted by Crippen LogP contribution is 2.25. The minimum Gasteiger partial charge on any atom is -0.462 e. The van der Waals surface area contributed by atoms with Crippen molar-refractivity contribution in [3.05, 3.63) is 70.8 Å². The summed E-state index contributed by atoms with van der Waals surface area (Å²) >= 11 is 0. The fourth-order valence-electron chi connectivity index (χ4n) is 3.47. The smallest absolute Gasteiger partial charge is 0.329 e. The molecule has 2 aliphatic rings. The SMILES string of the molecule is CC(C(=O)OCCN1C(=O)c2ccccc2C1=O)N1C(=O)c2ccccc2C1=O. The normalized spacial score (nSPS) is 16.2. The molecule has 0 radical (unpaired) electrons. The van der Waals surface area contributed by atoms with Gasteiger partial charge < -0.3 is 4.74 Å². The average molecular weight is 392 g/mol. The number of carbonyl (C=O) groups excluding carboxylic acids is 5. The van der Waals surface area contributed by atoms with E-state index < -0.39 is 35.6 Å². The van der Waals surface area contributed by atoms with Gasteiger partial charge in [-0.15, -0.1) is 0 Å². The van der Waals surface area contributed by atoms with Crippen LogP contribution in [0.5, 0.6) is 0 Å². The highest BCUT2D eigenvalue weighted by molar-refractivity contribution is 6.23. The van der Waals surface area contributed by atoms with Crippen LogP contribution in [-0.2, 0) is 9.53 Å². The summed E-state index contributed by atoms with van der Waals surface area (Å²) in [4.78, 5) is 63.7. The number of nitrogens with zero attached hydrogens (tertiary/aromatic N) is 2. The zero-order valence-corrected chi connectivity index (χ0v) is 15.5. The van der Waals surface area contributed by atoms with Gasteiger partial charge in [0.25, 0.3) is 23.6 Å². The maximum absolute atomic E-state index is 12.4. The third kappa shape index (κ3) is 2.89. The van der Waals surface area contributed by atoms with Crippen LogP contribution in [0.25, 0.3) is 0 Å². The van der Waals surface area contributed by atoms with Crippen molar-refractivity contribution in [1.29, 1.82) is 0 Å². The number of amides is 4. The fraction of sp³-hybridized carbons (Fsp3) is 0.190. The van der Waals surface area contributed by atoms with Crippen molar-refractivity contribution < 1.29 is 28.7 Å². The molecular formula is C21H16N2O6. The number of fused-ring (bicyclic) bond motifs is 2. The van der Waals surface area contributed by atoms with Gasteiger partial charge in [-0.25, -0.2) is 4.79 Å². The molecule has 0 spiro atoms. The van der Waals surface area contributed by atoms with E-state index >= 15 is 0 Å². The maximum Gasteiger partial charge on any atom is 0.329 e. The number of ether oxygens (including phenoxy) is 1. The third-order valence-corrected chi connectivity index (χ3v) is 4.99. The van der Waals surface area contributed by atoms with Gasteiger partial charge in [0.2, 0.25) is 0 Å². The Hall–Kier alpha value is -3.81. The molecule has 8 heteroatoms. The van der Waals surface area contributed by atoms with Crippen molar-refractivity contribution in [2.24, 2.45) is 0 Å². The molecule has 0 saturated carbocycles. The van der Waals surface area contributed by atoms with Gasteiger partial charge in [0.15, 0.2) is 0 Å². The van der Waals surface area contributed by atoms with E-state index in [1.54, 1.807) is 36.4 Å². The standard InChI is InChI=1S/C21H16N2O6/c1-12(23-19(26)15-8-4-5-9-16(15)20(23)27)21(28)29-11-10-22-17(24)13-6-2-3-7-14(13)18(22)25/h2-9,12H,10-11H2,1H3. The number of hydrogen-bond donors (Lipinski definition) is 0. The highest BCUT2D eigenvalue weighted by Gasteiger charge is 2.41. The van der Waals surface area contributed by atoms with E-state index in [-0.39, 0.29) is 24.3 Å². The Morgan fingerprint density at radius 1 is 0.793 bits per heavy atom. The van der Waals surface area contributed by atoms with Crippen LogP contribution < -0.4 is 0 Å². The molecule has 0 saturated heterocycles. The summed E-state index contributed by atoms with van der Waals surface area (Å²) in [5.74, 6) is -2.81. The summed E-state index contributed by atoms with van der Waals surface area (Å²) in [6, 6.07) is 11.6. The first kappa shape index (κ1) is 18.5. The Labute approximate surface area is 165 Å². The first-order chi connectivity index (χ1) is 13.9. The molecule has 2 aromatic rings. The van der Waals surface area contributed by atoms with Gasteiger partial charge >= 0.3 is 5.97 Å². The van der Waals surface area contributed by atoms with E-state index in [4.69, 9.17) is 4.74 Å². The van der Waals surface area contributed by atoms with Crippen LogP contribution in [-0.4, -0.2) is 58.6 Å². The lowest BCUT2D eigenvalue weighted by molar-refractivity contribution is -0.147. The number of hydrogen-bond acceptors (Lipinski definition) is 6. The molecule has 1 atom stereocenters. The van der Waals surface area contributed by atoms with Crippen molar-refractivity contribution in [3.63, 3.8) is 0 Å². The summed E-state index contributed by atoms with van der Waals surface area (Å²) < 4.78 is 5.14. The lowest BCUT2D eigenvalue weighted by Gasteiger charge is -2.21. The Balaban J connectivity index is 1.38. The lowest BCUT2D eigenvalue weighted by atomic mass is 10.1. The Kier molecular flexibility index (Phi) is 4.46. The fourth-order valence-corrected chi connectivity index (χ4v) is 3.47. The maximum atomic E-state index is 12.4. The summed E-state index contributed by atoms with van der Waals surface area (Å²) in [5, 5.41) is 0. The first-order valence-electron chi connectivity index (χ1n) is 9.00. The van der Waals surface area contributed by atoms with Gasteiger partial charge in [-0.3, -0.25) is 29.0 Å². The lowest BCUT2D eigenvalue weighted by Crippen LogP contribution is -2.44. The van der Waals surface area contributed by atoms with Crippen LogP contribution in [0.15, 0.2) is 48.5 Å². The molecule has 1 unspecified atom stereocenters. The van der Waals surface area contributed by atoms with Gasteiger partial charge in [-0.2, -0.15) is 0 Å². The average Bonchev–Trinajstić information content (AvgIpc) is 3.13. The first-order valence-corrected chi connectivity index (χ1v) is 9.00. The van der Waals surface area contributed by atoms with Crippen LogP contribution in [0.2, 0.25) is 0 Å². The van der Waals surface area contributed by atoms with Gasteiger partial charge in [-0.1, -0.05) is 24.3 Å². The molecule has 2 heterocycles. The topological polar surface area (TPSA) is 101 Å². The van der Waals surface area contributed by atoms with Gasteiger partial charge in [-0.05, 0) is 31.2 Å².